The molecule has 2 atom stereocenters. The highest BCUT2D eigenvalue weighted by Crippen LogP contribution is 2.47. The Hall–Kier alpha value is -2.41. The van der Waals surface area contributed by atoms with E-state index in [1.54, 1.807) is 12.1 Å². The summed E-state index contributed by atoms with van der Waals surface area (Å²) in [6.45, 7) is 5.63. The molecule has 0 N–H and O–H groups in total. The average molecular weight is 450 g/mol. The first-order chi connectivity index (χ1) is 15.4. The van der Waals surface area contributed by atoms with Crippen LogP contribution < -0.4 is 0 Å². The lowest BCUT2D eigenvalue weighted by molar-refractivity contribution is 0.208. The molecule has 3 aromatic rings. The van der Waals surface area contributed by atoms with Crippen LogP contribution in [0.25, 0.3) is 11.8 Å². The van der Waals surface area contributed by atoms with Gasteiger partial charge in [0.05, 0.1) is 24.1 Å². The first-order valence-electron chi connectivity index (χ1n) is 11.2. The van der Waals surface area contributed by atoms with E-state index in [4.69, 9.17) is 0 Å². The number of hydrogen-bond donors (Lipinski definition) is 0. The summed E-state index contributed by atoms with van der Waals surface area (Å²) in [5, 5.41) is 4.76. The maximum absolute atomic E-state index is 13.4. The van der Waals surface area contributed by atoms with Gasteiger partial charge in [0.1, 0.15) is 11.1 Å². The van der Waals surface area contributed by atoms with Crippen molar-refractivity contribution in [1.82, 2.24) is 14.1 Å². The van der Waals surface area contributed by atoms with Crippen LogP contribution in [0.15, 0.2) is 66.4 Å². The van der Waals surface area contributed by atoms with Gasteiger partial charge in [0.15, 0.2) is 0 Å². The Kier molecular flexibility index (Phi) is 5.70. The van der Waals surface area contributed by atoms with Gasteiger partial charge in [-0.05, 0) is 74.6 Å². The van der Waals surface area contributed by atoms with Crippen molar-refractivity contribution in [3.8, 4) is 5.69 Å². The van der Waals surface area contributed by atoms with E-state index in [0.29, 0.717) is 0 Å². The number of piperidine rings is 1. The molecular weight excluding hydrogens is 421 g/mol. The molecule has 5 rings (SSSR count). The highest BCUT2D eigenvalue weighted by molar-refractivity contribution is 7.89. The fraction of sp³-hybridized carbons (Fsp3) is 0.346. The second-order valence-corrected chi connectivity index (χ2v) is 11.2. The Morgan fingerprint density at radius 1 is 1.12 bits per heavy atom. The summed E-state index contributed by atoms with van der Waals surface area (Å²) in [4.78, 5) is 0. The minimum absolute atomic E-state index is 0.103. The summed E-state index contributed by atoms with van der Waals surface area (Å²) in [6.07, 6.45) is 6.88. The quantitative estimate of drug-likeness (QED) is 0.517. The Balaban J connectivity index is 1.55. The van der Waals surface area contributed by atoms with E-state index in [-0.39, 0.29) is 16.5 Å². The molecule has 2 aromatic carbocycles. The van der Waals surface area contributed by atoms with E-state index in [2.05, 4.69) is 39.7 Å². The van der Waals surface area contributed by atoms with Gasteiger partial charge >= 0.3 is 0 Å². The molecule has 0 amide bonds. The standard InChI is InChI=1S/C26H28FN3OS/c1-19(2)32(31)29-13-12-22-14-25-21(17-28-30(25)24-10-8-23(27)9-11-24)16-26(22,18-29)15-20-6-4-3-5-7-20/h3-11,14,17,19H,12-13,15-16,18H2,1-2H3. The third kappa shape index (κ3) is 3.91. The normalized spacial score (nSPS) is 21.7. The molecule has 0 bridgehead atoms. The molecule has 1 aliphatic carbocycles. The molecule has 1 aromatic heterocycles. The molecule has 2 aliphatic rings. The monoisotopic (exact) mass is 449 g/mol. The van der Waals surface area contributed by atoms with Gasteiger partial charge in [0, 0.05) is 23.3 Å². The van der Waals surface area contributed by atoms with Gasteiger partial charge in [-0.2, -0.15) is 5.10 Å². The fourth-order valence-corrected chi connectivity index (χ4v) is 6.33. The number of aromatic nitrogens is 2. The van der Waals surface area contributed by atoms with Crippen molar-refractivity contribution >= 4 is 17.4 Å². The molecule has 6 heteroatoms. The Morgan fingerprint density at radius 2 is 1.88 bits per heavy atom. The Morgan fingerprint density at radius 3 is 2.59 bits per heavy atom. The van der Waals surface area contributed by atoms with Gasteiger partial charge in [0.2, 0.25) is 0 Å². The van der Waals surface area contributed by atoms with Crippen molar-refractivity contribution in [2.75, 3.05) is 13.1 Å². The minimum atomic E-state index is -0.992. The molecular formula is C26H28FN3OS. The SMILES string of the molecule is CC(C)[S+]([O-])N1CCC2=Cc3c(cnn3-c3ccc(F)cc3)CC2(Cc2ccccc2)C1. The van der Waals surface area contributed by atoms with Gasteiger partial charge in [-0.1, -0.05) is 35.9 Å². The van der Waals surface area contributed by atoms with Crippen LogP contribution in [0.5, 0.6) is 0 Å². The molecule has 0 spiro atoms. The topological polar surface area (TPSA) is 44.1 Å². The molecule has 166 valence electrons. The van der Waals surface area contributed by atoms with Crippen LogP contribution >= 0.6 is 0 Å². The van der Waals surface area contributed by atoms with Crippen LogP contribution in [-0.2, 0) is 24.2 Å². The summed E-state index contributed by atoms with van der Waals surface area (Å²) in [6, 6.07) is 17.1. The Labute approximate surface area is 192 Å². The van der Waals surface area contributed by atoms with E-state index >= 15 is 0 Å². The van der Waals surface area contributed by atoms with Gasteiger partial charge in [0.25, 0.3) is 0 Å². The number of nitrogens with zero attached hydrogens (tertiary/aromatic N) is 3. The van der Waals surface area contributed by atoms with Crippen LogP contribution in [0.2, 0.25) is 0 Å². The van der Waals surface area contributed by atoms with Crippen LogP contribution in [0, 0.1) is 11.2 Å². The minimum Gasteiger partial charge on any atom is -0.598 e. The summed E-state index contributed by atoms with van der Waals surface area (Å²) >= 11 is -0.992. The van der Waals surface area contributed by atoms with E-state index < -0.39 is 11.4 Å². The molecule has 4 nitrogen and oxygen atoms in total. The number of hydrogen-bond acceptors (Lipinski definition) is 3. The highest BCUT2D eigenvalue weighted by Gasteiger charge is 2.46. The molecule has 1 fully saturated rings. The van der Waals surface area contributed by atoms with Crippen molar-refractivity contribution in [3.63, 3.8) is 0 Å². The summed E-state index contributed by atoms with van der Waals surface area (Å²) < 4.78 is 30.5. The number of halogens is 1. The second kappa shape index (κ2) is 8.50. The molecule has 2 heterocycles. The molecule has 1 aliphatic heterocycles. The van der Waals surface area contributed by atoms with Crippen LogP contribution in [0.3, 0.4) is 0 Å². The Bertz CT molecular complexity index is 1130. The number of rotatable bonds is 5. The van der Waals surface area contributed by atoms with E-state index in [1.165, 1.54) is 28.8 Å². The third-order valence-corrected chi connectivity index (χ3v) is 8.26. The molecule has 0 saturated carbocycles. The summed E-state index contributed by atoms with van der Waals surface area (Å²) in [5.41, 5.74) is 5.71. The number of fused-ring (bicyclic) bond motifs is 2. The van der Waals surface area contributed by atoms with Gasteiger partial charge in [-0.25, -0.2) is 9.07 Å². The fourth-order valence-electron chi connectivity index (χ4n) is 5.09. The van der Waals surface area contributed by atoms with E-state index in [9.17, 15) is 8.94 Å². The zero-order chi connectivity index (χ0) is 22.3. The zero-order valence-electron chi connectivity index (χ0n) is 18.5. The average Bonchev–Trinajstić information content (AvgIpc) is 3.19. The van der Waals surface area contributed by atoms with Gasteiger partial charge in [-0.15, -0.1) is 4.31 Å². The highest BCUT2D eigenvalue weighted by atomic mass is 32.2. The van der Waals surface area contributed by atoms with E-state index in [1.807, 2.05) is 30.8 Å². The van der Waals surface area contributed by atoms with Crippen molar-refractivity contribution in [1.29, 1.82) is 0 Å². The predicted octanol–water partition coefficient (Wildman–Crippen LogP) is 4.96. The lowest BCUT2D eigenvalue weighted by Crippen LogP contribution is -2.51. The van der Waals surface area contributed by atoms with E-state index in [0.717, 1.165) is 43.7 Å². The lowest BCUT2D eigenvalue weighted by Gasteiger charge is -2.46. The molecule has 1 saturated heterocycles. The molecule has 2 unspecified atom stereocenters. The van der Waals surface area contributed by atoms with Gasteiger partial charge in [-0.3, -0.25) is 0 Å². The largest absolute Gasteiger partial charge is 0.598 e. The lowest BCUT2D eigenvalue weighted by atomic mass is 9.66. The zero-order valence-corrected chi connectivity index (χ0v) is 19.3. The van der Waals surface area contributed by atoms with Crippen molar-refractivity contribution in [2.45, 2.75) is 38.4 Å². The second-order valence-electron chi connectivity index (χ2n) is 9.17. The van der Waals surface area contributed by atoms with Crippen LogP contribution in [-0.4, -0.2) is 37.0 Å². The van der Waals surface area contributed by atoms with Crippen LogP contribution in [0.1, 0.15) is 37.1 Å². The van der Waals surface area contributed by atoms with Crippen molar-refractivity contribution < 1.29 is 8.94 Å². The molecule has 32 heavy (non-hydrogen) atoms. The predicted molar refractivity (Wildman–Crippen MR) is 127 cm³/mol. The smallest absolute Gasteiger partial charge is 0.130 e. The van der Waals surface area contributed by atoms with Crippen molar-refractivity contribution in [2.24, 2.45) is 5.41 Å². The summed E-state index contributed by atoms with van der Waals surface area (Å²) in [7, 11) is 0. The third-order valence-electron chi connectivity index (χ3n) is 6.63. The first-order valence-corrected chi connectivity index (χ1v) is 12.4. The maximum Gasteiger partial charge on any atom is 0.130 e. The number of benzene rings is 2. The van der Waals surface area contributed by atoms with Crippen LogP contribution in [0.4, 0.5) is 4.39 Å². The maximum atomic E-state index is 13.4. The summed E-state index contributed by atoms with van der Waals surface area (Å²) in [5.74, 6) is -0.250. The first kappa shape index (κ1) is 21.4. The van der Waals surface area contributed by atoms with Gasteiger partial charge < -0.3 is 4.55 Å². The molecule has 0 radical (unpaired) electrons. The van der Waals surface area contributed by atoms with Crippen molar-refractivity contribution in [3.05, 3.63) is 89.0 Å².